The predicted octanol–water partition coefficient (Wildman–Crippen LogP) is 2.05. The standard InChI is InChI=1S/C8H14FN.ClH/c9-7-5-8(6-7)3-1-2-4-10-8;/h7,10H,1-6H2;1H. The van der Waals surface area contributed by atoms with Crippen LogP contribution in [0.2, 0.25) is 0 Å². The van der Waals surface area contributed by atoms with Crippen molar-refractivity contribution < 1.29 is 4.39 Å². The van der Waals surface area contributed by atoms with Crippen LogP contribution >= 0.6 is 12.4 Å². The molecule has 1 N–H and O–H groups in total. The Hall–Kier alpha value is 0.180. The normalized spacial score (nSPS) is 42.8. The molecule has 0 aromatic rings. The number of hydrogen-bond donors (Lipinski definition) is 1. The Morgan fingerprint density at radius 1 is 1.27 bits per heavy atom. The van der Waals surface area contributed by atoms with Crippen molar-refractivity contribution in [2.75, 3.05) is 6.54 Å². The monoisotopic (exact) mass is 179 g/mol. The van der Waals surface area contributed by atoms with Gasteiger partial charge in [-0.1, -0.05) is 6.42 Å². The van der Waals surface area contributed by atoms with Gasteiger partial charge in [-0.25, -0.2) is 4.39 Å². The molecule has 11 heavy (non-hydrogen) atoms. The first-order valence-corrected chi connectivity index (χ1v) is 4.20. The summed E-state index contributed by atoms with van der Waals surface area (Å²) in [6.07, 6.45) is 4.80. The number of nitrogens with one attached hydrogen (secondary N) is 1. The van der Waals surface area contributed by atoms with Gasteiger partial charge in [-0.05, 0) is 32.2 Å². The Morgan fingerprint density at radius 2 is 2.00 bits per heavy atom. The van der Waals surface area contributed by atoms with Crippen LogP contribution in [0, 0.1) is 0 Å². The van der Waals surface area contributed by atoms with E-state index in [0.717, 1.165) is 19.4 Å². The third kappa shape index (κ3) is 1.67. The fraction of sp³-hybridized carbons (Fsp3) is 1.00. The van der Waals surface area contributed by atoms with Crippen LogP contribution in [0.4, 0.5) is 4.39 Å². The van der Waals surface area contributed by atoms with Gasteiger partial charge in [0.2, 0.25) is 0 Å². The lowest BCUT2D eigenvalue weighted by atomic mass is 9.70. The Morgan fingerprint density at radius 3 is 2.45 bits per heavy atom. The number of halogens is 2. The summed E-state index contributed by atoms with van der Waals surface area (Å²) < 4.78 is 12.5. The number of alkyl halides is 1. The van der Waals surface area contributed by atoms with Gasteiger partial charge in [0.25, 0.3) is 0 Å². The summed E-state index contributed by atoms with van der Waals surface area (Å²) in [5.41, 5.74) is 0.248. The van der Waals surface area contributed by atoms with Crippen LogP contribution in [0.15, 0.2) is 0 Å². The molecule has 0 aromatic carbocycles. The van der Waals surface area contributed by atoms with Gasteiger partial charge in [0.15, 0.2) is 0 Å². The molecule has 2 rings (SSSR count). The first kappa shape index (κ1) is 9.27. The second-order valence-corrected chi connectivity index (χ2v) is 3.67. The quantitative estimate of drug-likeness (QED) is 0.600. The summed E-state index contributed by atoms with van der Waals surface area (Å²) in [5, 5.41) is 3.42. The van der Waals surface area contributed by atoms with Crippen molar-refractivity contribution in [3.63, 3.8) is 0 Å². The largest absolute Gasteiger partial charge is 0.311 e. The molecule has 1 heterocycles. The molecule has 1 nitrogen and oxygen atoms in total. The van der Waals surface area contributed by atoms with E-state index in [9.17, 15) is 4.39 Å². The molecule has 2 fully saturated rings. The zero-order valence-electron chi connectivity index (χ0n) is 6.61. The minimum Gasteiger partial charge on any atom is -0.311 e. The second-order valence-electron chi connectivity index (χ2n) is 3.67. The molecule has 1 saturated heterocycles. The summed E-state index contributed by atoms with van der Waals surface area (Å²) in [6.45, 7) is 1.10. The van der Waals surface area contributed by atoms with E-state index in [2.05, 4.69) is 5.32 Å². The van der Waals surface area contributed by atoms with E-state index in [0.29, 0.717) is 0 Å². The molecule has 1 spiro atoms. The van der Waals surface area contributed by atoms with Crippen LogP contribution in [-0.2, 0) is 0 Å². The lowest BCUT2D eigenvalue weighted by Gasteiger charge is -2.47. The van der Waals surface area contributed by atoms with E-state index in [1.54, 1.807) is 0 Å². The van der Waals surface area contributed by atoms with E-state index >= 15 is 0 Å². The Kier molecular flexibility index (Phi) is 2.76. The smallest absolute Gasteiger partial charge is 0.104 e. The van der Waals surface area contributed by atoms with E-state index in [4.69, 9.17) is 0 Å². The average molecular weight is 180 g/mol. The summed E-state index contributed by atoms with van der Waals surface area (Å²) >= 11 is 0. The molecule has 1 aliphatic heterocycles. The van der Waals surface area contributed by atoms with Gasteiger partial charge >= 0.3 is 0 Å². The average Bonchev–Trinajstić information content (AvgIpc) is 1.87. The first-order chi connectivity index (χ1) is 4.81. The van der Waals surface area contributed by atoms with Crippen molar-refractivity contribution in [3.05, 3.63) is 0 Å². The van der Waals surface area contributed by atoms with Crippen molar-refractivity contribution in [1.29, 1.82) is 0 Å². The number of piperidine rings is 1. The van der Waals surface area contributed by atoms with Crippen LogP contribution in [0.1, 0.15) is 32.1 Å². The minimum absolute atomic E-state index is 0. The molecular formula is C8H15ClFN. The van der Waals surface area contributed by atoms with Crippen molar-refractivity contribution in [2.45, 2.75) is 43.8 Å². The zero-order valence-corrected chi connectivity index (χ0v) is 7.42. The molecule has 0 atom stereocenters. The molecular weight excluding hydrogens is 165 g/mol. The summed E-state index contributed by atoms with van der Waals surface area (Å²) in [5.74, 6) is 0. The molecule has 0 radical (unpaired) electrons. The fourth-order valence-electron chi connectivity index (χ4n) is 2.17. The van der Waals surface area contributed by atoms with Crippen molar-refractivity contribution in [1.82, 2.24) is 5.32 Å². The molecule has 1 saturated carbocycles. The van der Waals surface area contributed by atoms with Gasteiger partial charge in [0, 0.05) is 5.54 Å². The van der Waals surface area contributed by atoms with Gasteiger partial charge in [0.1, 0.15) is 6.17 Å². The van der Waals surface area contributed by atoms with Crippen LogP contribution in [0.3, 0.4) is 0 Å². The maximum Gasteiger partial charge on any atom is 0.104 e. The van der Waals surface area contributed by atoms with E-state index in [-0.39, 0.29) is 17.9 Å². The van der Waals surface area contributed by atoms with Crippen LogP contribution < -0.4 is 5.32 Å². The Labute approximate surface area is 73.2 Å². The number of hydrogen-bond acceptors (Lipinski definition) is 1. The van der Waals surface area contributed by atoms with Crippen LogP contribution in [-0.4, -0.2) is 18.3 Å². The number of rotatable bonds is 0. The molecule has 0 amide bonds. The maximum absolute atomic E-state index is 12.5. The maximum atomic E-state index is 12.5. The Balaban J connectivity index is 0.000000605. The SMILES string of the molecule is Cl.FC1CC2(CCCCN2)C1. The highest BCUT2D eigenvalue weighted by Crippen LogP contribution is 2.40. The molecule has 2 aliphatic rings. The highest BCUT2D eigenvalue weighted by molar-refractivity contribution is 5.85. The Bertz CT molecular complexity index is 119. The molecule has 1 aliphatic carbocycles. The fourth-order valence-corrected chi connectivity index (χ4v) is 2.17. The predicted molar refractivity (Wildman–Crippen MR) is 46.0 cm³/mol. The van der Waals surface area contributed by atoms with Gasteiger partial charge in [-0.2, -0.15) is 0 Å². The van der Waals surface area contributed by atoms with E-state index in [1.807, 2.05) is 0 Å². The molecule has 0 unspecified atom stereocenters. The van der Waals surface area contributed by atoms with E-state index in [1.165, 1.54) is 19.3 Å². The van der Waals surface area contributed by atoms with Gasteiger partial charge in [0.05, 0.1) is 0 Å². The molecule has 3 heteroatoms. The van der Waals surface area contributed by atoms with Gasteiger partial charge < -0.3 is 5.32 Å². The van der Waals surface area contributed by atoms with Crippen molar-refractivity contribution >= 4 is 12.4 Å². The third-order valence-corrected chi connectivity index (χ3v) is 2.81. The third-order valence-electron chi connectivity index (χ3n) is 2.81. The summed E-state index contributed by atoms with van der Waals surface area (Å²) in [7, 11) is 0. The van der Waals surface area contributed by atoms with Crippen molar-refractivity contribution in [2.24, 2.45) is 0 Å². The minimum atomic E-state index is -0.509. The highest BCUT2D eigenvalue weighted by atomic mass is 35.5. The lowest BCUT2D eigenvalue weighted by Crippen LogP contribution is -2.58. The topological polar surface area (TPSA) is 12.0 Å². The van der Waals surface area contributed by atoms with Crippen LogP contribution in [0.5, 0.6) is 0 Å². The molecule has 0 aromatic heterocycles. The zero-order chi connectivity index (χ0) is 7.03. The highest BCUT2D eigenvalue weighted by Gasteiger charge is 2.44. The second kappa shape index (κ2) is 3.28. The van der Waals surface area contributed by atoms with Gasteiger partial charge in [-0.15, -0.1) is 12.4 Å². The van der Waals surface area contributed by atoms with E-state index < -0.39 is 6.17 Å². The lowest BCUT2D eigenvalue weighted by molar-refractivity contribution is 0.0458. The summed E-state index contributed by atoms with van der Waals surface area (Å²) in [6, 6.07) is 0. The molecule has 0 bridgehead atoms. The van der Waals surface area contributed by atoms with Gasteiger partial charge in [-0.3, -0.25) is 0 Å². The van der Waals surface area contributed by atoms with Crippen molar-refractivity contribution in [3.8, 4) is 0 Å². The van der Waals surface area contributed by atoms with Crippen LogP contribution in [0.25, 0.3) is 0 Å². The first-order valence-electron chi connectivity index (χ1n) is 4.20. The summed E-state index contributed by atoms with van der Waals surface area (Å²) in [4.78, 5) is 0. The molecule has 66 valence electrons.